The van der Waals surface area contributed by atoms with Gasteiger partial charge in [-0.3, -0.25) is 4.98 Å². The first kappa shape index (κ1) is 7.62. The third kappa shape index (κ3) is 2.72. The molecule has 0 aromatic carbocycles. The molecule has 0 radical (unpaired) electrons. The predicted molar refractivity (Wildman–Crippen MR) is 46.2 cm³/mol. The van der Waals surface area contributed by atoms with E-state index in [-0.39, 0.29) is 0 Å². The Hall–Kier alpha value is -1.49. The number of hydrogen-bond acceptors (Lipinski definition) is 2. The van der Waals surface area contributed by atoms with Crippen LogP contribution < -0.4 is 5.32 Å². The number of nitrogens with one attached hydrogen (secondary N) is 1. The Kier molecular flexibility index (Phi) is 3.01. The molecule has 0 atom stereocenters. The van der Waals surface area contributed by atoms with E-state index >= 15 is 0 Å². The third-order valence-corrected chi connectivity index (χ3v) is 1.24. The zero-order chi connectivity index (χ0) is 7.94. The summed E-state index contributed by atoms with van der Waals surface area (Å²) >= 11 is 0. The first-order chi connectivity index (χ1) is 5.43. The van der Waals surface area contributed by atoms with Crippen LogP contribution in [0.1, 0.15) is 6.92 Å². The molecule has 0 spiro atoms. The normalized spacial score (nSPS) is 8.09. The van der Waals surface area contributed by atoms with Gasteiger partial charge in [-0.25, -0.2) is 0 Å². The first-order valence-electron chi connectivity index (χ1n) is 3.47. The molecule has 2 heteroatoms. The van der Waals surface area contributed by atoms with Gasteiger partial charge in [-0.05, 0) is 19.1 Å². The molecule has 0 amide bonds. The van der Waals surface area contributed by atoms with Gasteiger partial charge in [0.25, 0.3) is 0 Å². The molecular formula is C9H10N2. The highest BCUT2D eigenvalue weighted by atomic mass is 14.9. The van der Waals surface area contributed by atoms with Crippen LogP contribution in [-0.2, 0) is 0 Å². The number of nitrogens with zero attached hydrogens (tertiary/aromatic N) is 1. The van der Waals surface area contributed by atoms with Crippen molar-refractivity contribution in [2.45, 2.75) is 6.92 Å². The molecule has 1 rings (SSSR count). The number of pyridine rings is 1. The van der Waals surface area contributed by atoms with Gasteiger partial charge in [0.1, 0.15) is 0 Å². The van der Waals surface area contributed by atoms with Gasteiger partial charge in [-0.15, -0.1) is 5.92 Å². The molecule has 11 heavy (non-hydrogen) atoms. The van der Waals surface area contributed by atoms with Crippen molar-refractivity contribution in [1.29, 1.82) is 0 Å². The number of aromatic nitrogens is 1. The zero-order valence-electron chi connectivity index (χ0n) is 6.46. The Bertz CT molecular complexity index is 256. The van der Waals surface area contributed by atoms with Crippen LogP contribution in [0, 0.1) is 11.8 Å². The van der Waals surface area contributed by atoms with Crippen molar-refractivity contribution < 1.29 is 0 Å². The second-order valence-electron chi connectivity index (χ2n) is 2.02. The molecule has 56 valence electrons. The summed E-state index contributed by atoms with van der Waals surface area (Å²) in [5.41, 5.74) is 1.06. The topological polar surface area (TPSA) is 24.9 Å². The van der Waals surface area contributed by atoms with E-state index in [0.29, 0.717) is 6.54 Å². The standard InChI is InChI=1S/C9H10N2/c1-2-3-6-11-9-4-7-10-8-5-9/h4-5,7-8H,6H2,1H3,(H,10,11). The lowest BCUT2D eigenvalue weighted by Gasteiger charge is -1.98. The molecule has 2 nitrogen and oxygen atoms in total. The Morgan fingerprint density at radius 2 is 2.18 bits per heavy atom. The van der Waals surface area contributed by atoms with Crippen molar-refractivity contribution in [1.82, 2.24) is 4.98 Å². The molecule has 0 saturated carbocycles. The smallest absolute Gasteiger partial charge is 0.0765 e. The van der Waals surface area contributed by atoms with Gasteiger partial charge in [0.2, 0.25) is 0 Å². The summed E-state index contributed by atoms with van der Waals surface area (Å²) < 4.78 is 0. The van der Waals surface area contributed by atoms with E-state index in [1.54, 1.807) is 12.4 Å². The molecule has 0 saturated heterocycles. The molecule has 1 N–H and O–H groups in total. The van der Waals surface area contributed by atoms with E-state index in [9.17, 15) is 0 Å². The van der Waals surface area contributed by atoms with Gasteiger partial charge < -0.3 is 5.32 Å². The van der Waals surface area contributed by atoms with Crippen molar-refractivity contribution >= 4 is 5.69 Å². The van der Waals surface area contributed by atoms with Gasteiger partial charge in [-0.1, -0.05) is 5.92 Å². The molecule has 1 heterocycles. The van der Waals surface area contributed by atoms with Crippen molar-refractivity contribution in [2.75, 3.05) is 11.9 Å². The maximum absolute atomic E-state index is 3.90. The molecule has 1 aromatic heterocycles. The van der Waals surface area contributed by atoms with Crippen molar-refractivity contribution in [2.24, 2.45) is 0 Å². The molecule has 0 unspecified atom stereocenters. The largest absolute Gasteiger partial charge is 0.374 e. The second kappa shape index (κ2) is 4.35. The lowest BCUT2D eigenvalue weighted by molar-refractivity contribution is 1.29. The number of anilines is 1. The van der Waals surface area contributed by atoms with Crippen LogP contribution in [0.5, 0.6) is 0 Å². The van der Waals surface area contributed by atoms with Gasteiger partial charge >= 0.3 is 0 Å². The average Bonchev–Trinajstić information content (AvgIpc) is 2.07. The lowest BCUT2D eigenvalue weighted by atomic mass is 10.4. The molecule has 0 bridgehead atoms. The third-order valence-electron chi connectivity index (χ3n) is 1.24. The zero-order valence-corrected chi connectivity index (χ0v) is 6.46. The van der Waals surface area contributed by atoms with E-state index in [1.165, 1.54) is 0 Å². The van der Waals surface area contributed by atoms with E-state index < -0.39 is 0 Å². The van der Waals surface area contributed by atoms with Crippen LogP contribution in [0.2, 0.25) is 0 Å². The van der Waals surface area contributed by atoms with Gasteiger partial charge in [0, 0.05) is 18.1 Å². The van der Waals surface area contributed by atoms with E-state index in [0.717, 1.165) is 5.69 Å². The molecular weight excluding hydrogens is 136 g/mol. The fourth-order valence-electron chi connectivity index (χ4n) is 0.704. The summed E-state index contributed by atoms with van der Waals surface area (Å²) in [5.74, 6) is 5.73. The minimum Gasteiger partial charge on any atom is -0.374 e. The van der Waals surface area contributed by atoms with Gasteiger partial charge in [0.15, 0.2) is 0 Å². The maximum atomic E-state index is 3.90. The number of hydrogen-bond donors (Lipinski definition) is 1. The van der Waals surface area contributed by atoms with E-state index in [4.69, 9.17) is 0 Å². The summed E-state index contributed by atoms with van der Waals surface area (Å²) in [4.78, 5) is 3.90. The predicted octanol–water partition coefficient (Wildman–Crippen LogP) is 1.52. The summed E-state index contributed by atoms with van der Waals surface area (Å²) in [6.07, 6.45) is 3.50. The fourth-order valence-corrected chi connectivity index (χ4v) is 0.704. The Morgan fingerprint density at radius 3 is 2.82 bits per heavy atom. The Morgan fingerprint density at radius 1 is 1.45 bits per heavy atom. The molecule has 0 fully saturated rings. The van der Waals surface area contributed by atoms with Crippen LogP contribution in [0.4, 0.5) is 5.69 Å². The quantitative estimate of drug-likeness (QED) is 0.640. The Labute approximate surface area is 66.7 Å². The minimum absolute atomic E-state index is 0.695. The summed E-state index contributed by atoms with van der Waals surface area (Å²) in [5, 5.41) is 3.13. The molecule has 0 aliphatic rings. The summed E-state index contributed by atoms with van der Waals surface area (Å²) in [7, 11) is 0. The SMILES string of the molecule is CC#CCNc1ccncc1. The van der Waals surface area contributed by atoms with Gasteiger partial charge in [-0.2, -0.15) is 0 Å². The average molecular weight is 146 g/mol. The first-order valence-corrected chi connectivity index (χ1v) is 3.47. The van der Waals surface area contributed by atoms with Crippen LogP contribution >= 0.6 is 0 Å². The van der Waals surface area contributed by atoms with E-state index in [2.05, 4.69) is 22.1 Å². The molecule has 0 aliphatic carbocycles. The second-order valence-corrected chi connectivity index (χ2v) is 2.02. The van der Waals surface area contributed by atoms with Crippen molar-refractivity contribution in [3.05, 3.63) is 24.5 Å². The van der Waals surface area contributed by atoms with Crippen molar-refractivity contribution in [3.8, 4) is 11.8 Å². The van der Waals surface area contributed by atoms with Crippen LogP contribution in [0.25, 0.3) is 0 Å². The highest BCUT2D eigenvalue weighted by molar-refractivity contribution is 5.41. The van der Waals surface area contributed by atoms with Crippen LogP contribution in [0.3, 0.4) is 0 Å². The van der Waals surface area contributed by atoms with Crippen LogP contribution in [0.15, 0.2) is 24.5 Å². The monoisotopic (exact) mass is 146 g/mol. The lowest BCUT2D eigenvalue weighted by Crippen LogP contribution is -1.97. The summed E-state index contributed by atoms with van der Waals surface area (Å²) in [6.45, 7) is 2.52. The summed E-state index contributed by atoms with van der Waals surface area (Å²) in [6, 6.07) is 3.83. The maximum Gasteiger partial charge on any atom is 0.0765 e. The molecule has 1 aromatic rings. The van der Waals surface area contributed by atoms with Gasteiger partial charge in [0.05, 0.1) is 6.54 Å². The highest BCUT2D eigenvalue weighted by Gasteiger charge is 1.84. The molecule has 0 aliphatic heterocycles. The van der Waals surface area contributed by atoms with Crippen LogP contribution in [-0.4, -0.2) is 11.5 Å². The van der Waals surface area contributed by atoms with Crippen molar-refractivity contribution in [3.63, 3.8) is 0 Å². The number of rotatable bonds is 2. The Balaban J connectivity index is 2.43. The van der Waals surface area contributed by atoms with E-state index in [1.807, 2.05) is 19.1 Å². The minimum atomic E-state index is 0.695. The fraction of sp³-hybridized carbons (Fsp3) is 0.222. The highest BCUT2D eigenvalue weighted by Crippen LogP contribution is 2.00.